The number of amides is 1. The van der Waals surface area contributed by atoms with Gasteiger partial charge in [-0.05, 0) is 31.2 Å². The molecule has 1 aromatic heterocycles. The van der Waals surface area contributed by atoms with Gasteiger partial charge in [0.1, 0.15) is 0 Å². The number of halogens is 4. The first-order valence-electron chi connectivity index (χ1n) is 6.19. The number of nitrogen functional groups attached to an aromatic ring is 1. The highest BCUT2D eigenvalue weighted by Crippen LogP contribution is 2.30. The zero-order chi connectivity index (χ0) is 17.2. The van der Waals surface area contributed by atoms with Crippen LogP contribution < -0.4 is 11.2 Å². The van der Waals surface area contributed by atoms with Gasteiger partial charge < -0.3 is 11.2 Å². The normalized spacial score (nSPS) is 12.9. The second-order valence-corrected chi connectivity index (χ2v) is 6.17. The topological polar surface area (TPSA) is 85.8 Å². The van der Waals surface area contributed by atoms with Crippen LogP contribution in [-0.4, -0.2) is 26.0 Å². The fourth-order valence-electron chi connectivity index (χ4n) is 1.54. The van der Waals surface area contributed by atoms with Crippen LogP contribution in [0.15, 0.2) is 29.4 Å². The van der Waals surface area contributed by atoms with Crippen LogP contribution in [0.5, 0.6) is 0 Å². The van der Waals surface area contributed by atoms with E-state index in [9.17, 15) is 18.0 Å². The number of thioether (sulfide) groups is 1. The first-order valence-corrected chi connectivity index (χ1v) is 7.45. The Labute approximate surface area is 138 Å². The van der Waals surface area contributed by atoms with E-state index < -0.39 is 23.2 Å². The van der Waals surface area contributed by atoms with Crippen LogP contribution in [-0.2, 0) is 11.0 Å². The molecule has 0 aliphatic heterocycles. The summed E-state index contributed by atoms with van der Waals surface area (Å²) < 4.78 is 38.0. The summed E-state index contributed by atoms with van der Waals surface area (Å²) in [5.41, 5.74) is 0.511. The maximum Gasteiger partial charge on any atom is 0.453 e. The number of nitrogens with two attached hydrogens (primary N) is 1. The zero-order valence-electron chi connectivity index (χ0n) is 11.6. The molecule has 0 spiro atoms. The van der Waals surface area contributed by atoms with Gasteiger partial charge in [0.25, 0.3) is 5.82 Å². The number of alkyl halides is 3. The number of carbonyl (C=O) groups is 1. The SMILES string of the molecule is C[C@H](Sc1nnc(C(F)(F)F)n1N)C(=O)Nc1ccc(Cl)cc1. The Hall–Kier alpha value is -1.94. The van der Waals surface area contributed by atoms with Gasteiger partial charge in [0.15, 0.2) is 0 Å². The predicted octanol–water partition coefficient (Wildman–Crippen LogP) is 2.78. The van der Waals surface area contributed by atoms with E-state index in [1.807, 2.05) is 0 Å². The lowest BCUT2D eigenvalue weighted by Gasteiger charge is -2.12. The number of benzene rings is 1. The fraction of sp³-hybridized carbons (Fsp3) is 0.250. The molecule has 0 bridgehead atoms. The fourth-order valence-corrected chi connectivity index (χ4v) is 2.44. The van der Waals surface area contributed by atoms with Gasteiger partial charge in [0.05, 0.1) is 5.25 Å². The van der Waals surface area contributed by atoms with Crippen molar-refractivity contribution in [2.75, 3.05) is 11.2 Å². The molecule has 0 aliphatic rings. The molecule has 2 rings (SSSR count). The summed E-state index contributed by atoms with van der Waals surface area (Å²) in [5, 5.41) is 8.52. The van der Waals surface area contributed by atoms with Crippen molar-refractivity contribution in [3.05, 3.63) is 35.1 Å². The molecule has 124 valence electrons. The number of aromatic nitrogens is 3. The van der Waals surface area contributed by atoms with Crippen molar-refractivity contribution < 1.29 is 18.0 Å². The van der Waals surface area contributed by atoms with Gasteiger partial charge in [-0.15, -0.1) is 10.2 Å². The van der Waals surface area contributed by atoms with Gasteiger partial charge in [-0.25, -0.2) is 4.68 Å². The number of hydrogen-bond donors (Lipinski definition) is 2. The van der Waals surface area contributed by atoms with Crippen molar-refractivity contribution in [1.82, 2.24) is 14.9 Å². The zero-order valence-corrected chi connectivity index (χ0v) is 13.2. The van der Waals surface area contributed by atoms with Crippen LogP contribution >= 0.6 is 23.4 Å². The summed E-state index contributed by atoms with van der Waals surface area (Å²) in [5.74, 6) is 3.56. The van der Waals surface area contributed by atoms with Crippen molar-refractivity contribution in [1.29, 1.82) is 0 Å². The molecule has 3 N–H and O–H groups in total. The Balaban J connectivity index is 2.04. The molecule has 1 aromatic carbocycles. The summed E-state index contributed by atoms with van der Waals surface area (Å²) in [7, 11) is 0. The number of carbonyl (C=O) groups excluding carboxylic acids is 1. The number of anilines is 1. The van der Waals surface area contributed by atoms with E-state index in [1.54, 1.807) is 24.3 Å². The third kappa shape index (κ3) is 4.29. The van der Waals surface area contributed by atoms with Crippen molar-refractivity contribution in [3.8, 4) is 0 Å². The van der Waals surface area contributed by atoms with Crippen molar-refractivity contribution in [3.63, 3.8) is 0 Å². The summed E-state index contributed by atoms with van der Waals surface area (Å²) in [6.45, 7) is 1.51. The average Bonchev–Trinajstić information content (AvgIpc) is 2.82. The van der Waals surface area contributed by atoms with E-state index in [2.05, 4.69) is 15.5 Å². The molecule has 11 heteroatoms. The molecule has 0 unspecified atom stereocenters. The highest BCUT2D eigenvalue weighted by atomic mass is 35.5. The third-order valence-electron chi connectivity index (χ3n) is 2.68. The lowest BCUT2D eigenvalue weighted by Crippen LogP contribution is -2.25. The van der Waals surface area contributed by atoms with Crippen molar-refractivity contribution in [2.24, 2.45) is 0 Å². The van der Waals surface area contributed by atoms with E-state index in [0.29, 0.717) is 15.4 Å². The Morgan fingerprint density at radius 1 is 1.35 bits per heavy atom. The predicted molar refractivity (Wildman–Crippen MR) is 80.6 cm³/mol. The van der Waals surface area contributed by atoms with Crippen molar-refractivity contribution in [2.45, 2.75) is 23.5 Å². The van der Waals surface area contributed by atoms with Gasteiger partial charge in [0.2, 0.25) is 11.1 Å². The van der Waals surface area contributed by atoms with Crippen LogP contribution in [0.2, 0.25) is 5.02 Å². The number of hydrogen-bond acceptors (Lipinski definition) is 5. The van der Waals surface area contributed by atoms with Crippen LogP contribution in [0, 0.1) is 0 Å². The first-order chi connectivity index (χ1) is 10.7. The minimum absolute atomic E-state index is 0.212. The molecular weight excluding hydrogens is 355 g/mol. The maximum atomic E-state index is 12.6. The van der Waals surface area contributed by atoms with Gasteiger partial charge >= 0.3 is 6.18 Å². The highest BCUT2D eigenvalue weighted by molar-refractivity contribution is 8.00. The molecule has 0 radical (unpaired) electrons. The van der Waals surface area contributed by atoms with Gasteiger partial charge in [0, 0.05) is 10.7 Å². The Morgan fingerprint density at radius 2 is 1.96 bits per heavy atom. The third-order valence-corrected chi connectivity index (χ3v) is 3.99. The van der Waals surface area contributed by atoms with Gasteiger partial charge in [-0.1, -0.05) is 23.4 Å². The van der Waals surface area contributed by atoms with Crippen LogP contribution in [0.1, 0.15) is 12.7 Å². The van der Waals surface area contributed by atoms with Gasteiger partial charge in [-0.3, -0.25) is 4.79 Å². The lowest BCUT2D eigenvalue weighted by atomic mass is 10.3. The smallest absolute Gasteiger partial charge is 0.335 e. The molecule has 2 aromatic rings. The largest absolute Gasteiger partial charge is 0.453 e. The minimum atomic E-state index is -4.71. The number of rotatable bonds is 4. The Bertz CT molecular complexity index is 704. The Morgan fingerprint density at radius 3 is 2.48 bits per heavy atom. The average molecular weight is 366 g/mol. The molecule has 23 heavy (non-hydrogen) atoms. The molecular formula is C12H11ClF3N5OS. The van der Waals surface area contributed by atoms with E-state index in [1.165, 1.54) is 6.92 Å². The molecule has 0 saturated carbocycles. The summed E-state index contributed by atoms with van der Waals surface area (Å²) in [6.07, 6.45) is -4.71. The second-order valence-electron chi connectivity index (χ2n) is 4.43. The molecule has 0 aliphatic carbocycles. The second kappa shape index (κ2) is 6.67. The van der Waals surface area contributed by atoms with Crippen LogP contribution in [0.4, 0.5) is 18.9 Å². The Kier molecular flexibility index (Phi) is 5.05. The standard InChI is InChI=1S/C12H11ClF3N5OS/c1-6(9(22)18-8-4-2-7(13)3-5-8)23-11-20-19-10(21(11)17)12(14,15)16/h2-6H,17H2,1H3,(H,18,22)/t6-/m0/s1. The summed E-state index contributed by atoms with van der Waals surface area (Å²) in [6, 6.07) is 6.40. The molecule has 0 saturated heterocycles. The molecule has 1 amide bonds. The van der Waals surface area contributed by atoms with E-state index in [-0.39, 0.29) is 5.16 Å². The minimum Gasteiger partial charge on any atom is -0.335 e. The van der Waals surface area contributed by atoms with Gasteiger partial charge in [-0.2, -0.15) is 13.2 Å². The van der Waals surface area contributed by atoms with E-state index >= 15 is 0 Å². The molecule has 0 fully saturated rings. The number of nitrogens with zero attached hydrogens (tertiary/aromatic N) is 3. The quantitative estimate of drug-likeness (QED) is 0.642. The van der Waals surface area contributed by atoms with Crippen LogP contribution in [0.3, 0.4) is 0 Å². The van der Waals surface area contributed by atoms with Crippen molar-refractivity contribution >= 4 is 35.0 Å². The lowest BCUT2D eigenvalue weighted by molar-refractivity contribution is -0.146. The van der Waals surface area contributed by atoms with E-state index in [4.69, 9.17) is 17.4 Å². The monoisotopic (exact) mass is 365 g/mol. The number of nitrogens with one attached hydrogen (secondary N) is 1. The van der Waals surface area contributed by atoms with Crippen LogP contribution in [0.25, 0.3) is 0 Å². The first kappa shape index (κ1) is 17.4. The molecule has 1 atom stereocenters. The molecule has 6 nitrogen and oxygen atoms in total. The maximum absolute atomic E-state index is 12.6. The van der Waals surface area contributed by atoms with E-state index in [0.717, 1.165) is 11.8 Å². The molecule has 1 heterocycles. The highest BCUT2D eigenvalue weighted by Gasteiger charge is 2.38. The summed E-state index contributed by atoms with van der Waals surface area (Å²) >= 11 is 6.50. The summed E-state index contributed by atoms with van der Waals surface area (Å²) in [4.78, 5) is 12.0.